The fourth-order valence-corrected chi connectivity index (χ4v) is 3.23. The number of hydrogen-bond acceptors (Lipinski definition) is 6. The molecule has 1 unspecified atom stereocenters. The first kappa shape index (κ1) is 18.5. The molecule has 3 rings (SSSR count). The Bertz CT molecular complexity index is 666. The van der Waals surface area contributed by atoms with Crippen LogP contribution in [0.5, 0.6) is 11.5 Å². The molecule has 0 spiro atoms. The lowest BCUT2D eigenvalue weighted by atomic mass is 10.0. The number of amides is 1. The molecule has 26 heavy (non-hydrogen) atoms. The number of likely N-dealkylation sites (N-methyl/N-ethyl adjacent to an activating group) is 1. The van der Waals surface area contributed by atoms with Crippen LogP contribution in [-0.4, -0.2) is 73.3 Å². The number of carbonyl (C=O) groups excluding carboxylic acids is 1. The molecule has 0 aromatic heterocycles. The average Bonchev–Trinajstić information content (AvgIpc) is 2.96. The number of carboxylic acid groups (broad SMARTS) is 1. The molecule has 1 fully saturated rings. The molecule has 0 saturated carbocycles. The van der Waals surface area contributed by atoms with E-state index in [1.807, 2.05) is 0 Å². The summed E-state index contributed by atoms with van der Waals surface area (Å²) in [5.74, 6) is -0.775. The summed E-state index contributed by atoms with van der Waals surface area (Å²) in [5, 5.41) is 12.3. The van der Waals surface area contributed by atoms with Crippen molar-refractivity contribution >= 4 is 17.6 Å². The average molecular weight is 363 g/mol. The minimum atomic E-state index is -0.941. The first-order valence-corrected chi connectivity index (χ1v) is 8.84. The summed E-state index contributed by atoms with van der Waals surface area (Å²) < 4.78 is 10.5. The van der Waals surface area contributed by atoms with Gasteiger partial charge in [0.2, 0.25) is 12.7 Å². The lowest BCUT2D eigenvalue weighted by molar-refractivity contribution is -0.144. The predicted molar refractivity (Wildman–Crippen MR) is 95.5 cm³/mol. The Labute approximate surface area is 152 Å². The number of aliphatic carboxylic acids is 1. The predicted octanol–water partition coefficient (Wildman–Crippen LogP) is 1.08. The third kappa shape index (κ3) is 4.86. The summed E-state index contributed by atoms with van der Waals surface area (Å²) >= 11 is 0. The van der Waals surface area contributed by atoms with Crippen LogP contribution in [0.15, 0.2) is 18.2 Å². The molecule has 1 aromatic carbocycles. The van der Waals surface area contributed by atoms with E-state index in [9.17, 15) is 14.7 Å². The van der Waals surface area contributed by atoms with Crippen LogP contribution in [0, 0.1) is 5.92 Å². The Morgan fingerprint density at radius 2 is 2.00 bits per heavy atom. The third-order valence-electron chi connectivity index (χ3n) is 4.73. The summed E-state index contributed by atoms with van der Waals surface area (Å²) in [4.78, 5) is 28.3. The molecule has 0 bridgehead atoms. The van der Waals surface area contributed by atoms with Crippen LogP contribution >= 0.6 is 0 Å². The number of anilines is 1. The number of rotatable bonds is 6. The normalized spacial score (nSPS) is 19.0. The standard InChI is InChI=1S/C18H25N3O5/c1-20-5-2-6-21(8-7-20)11-13(18(23)24)9-17(22)19-14-3-4-15-16(10-14)26-12-25-15/h3-4,10,13H,2,5-9,11-12H2,1H3,(H,19,22)(H,23,24). The summed E-state index contributed by atoms with van der Waals surface area (Å²) in [7, 11) is 2.07. The van der Waals surface area contributed by atoms with Crippen LogP contribution in [0.25, 0.3) is 0 Å². The van der Waals surface area contributed by atoms with Crippen LogP contribution in [0.2, 0.25) is 0 Å². The number of benzene rings is 1. The lowest BCUT2D eigenvalue weighted by Crippen LogP contribution is -2.37. The van der Waals surface area contributed by atoms with Crippen LogP contribution in [0.1, 0.15) is 12.8 Å². The van der Waals surface area contributed by atoms with Gasteiger partial charge in [-0.3, -0.25) is 9.59 Å². The van der Waals surface area contributed by atoms with Crippen LogP contribution in [0.3, 0.4) is 0 Å². The summed E-state index contributed by atoms with van der Waals surface area (Å²) in [6.45, 7) is 4.16. The van der Waals surface area contributed by atoms with Crippen molar-refractivity contribution in [1.82, 2.24) is 9.80 Å². The molecule has 8 nitrogen and oxygen atoms in total. The number of nitrogens with one attached hydrogen (secondary N) is 1. The molecule has 1 saturated heterocycles. The van der Waals surface area contributed by atoms with Gasteiger partial charge in [0.15, 0.2) is 11.5 Å². The van der Waals surface area contributed by atoms with Gasteiger partial charge in [0.1, 0.15) is 0 Å². The van der Waals surface area contributed by atoms with Gasteiger partial charge in [0.05, 0.1) is 5.92 Å². The van der Waals surface area contributed by atoms with E-state index in [-0.39, 0.29) is 19.1 Å². The molecule has 2 heterocycles. The minimum absolute atomic E-state index is 0.0594. The maximum atomic E-state index is 12.3. The van der Waals surface area contributed by atoms with Crippen molar-refractivity contribution in [1.29, 1.82) is 0 Å². The van der Waals surface area contributed by atoms with Gasteiger partial charge in [-0.15, -0.1) is 0 Å². The number of carboxylic acids is 1. The fourth-order valence-electron chi connectivity index (χ4n) is 3.23. The Hall–Kier alpha value is -2.32. The highest BCUT2D eigenvalue weighted by atomic mass is 16.7. The maximum Gasteiger partial charge on any atom is 0.308 e. The van der Waals surface area contributed by atoms with Crippen molar-refractivity contribution in [3.05, 3.63) is 18.2 Å². The highest BCUT2D eigenvalue weighted by Crippen LogP contribution is 2.34. The zero-order chi connectivity index (χ0) is 18.5. The van der Waals surface area contributed by atoms with Crippen molar-refractivity contribution in [2.45, 2.75) is 12.8 Å². The van der Waals surface area contributed by atoms with E-state index in [2.05, 4.69) is 22.2 Å². The third-order valence-corrected chi connectivity index (χ3v) is 4.73. The maximum absolute atomic E-state index is 12.3. The number of carbonyl (C=O) groups is 2. The Morgan fingerprint density at radius 3 is 2.81 bits per heavy atom. The minimum Gasteiger partial charge on any atom is -0.481 e. The number of fused-ring (bicyclic) bond motifs is 1. The van der Waals surface area contributed by atoms with E-state index >= 15 is 0 Å². The molecule has 0 radical (unpaired) electrons. The lowest BCUT2D eigenvalue weighted by Gasteiger charge is -2.23. The molecule has 142 valence electrons. The van der Waals surface area contributed by atoms with Crippen molar-refractivity contribution in [2.24, 2.45) is 5.92 Å². The van der Waals surface area contributed by atoms with Gasteiger partial charge < -0.3 is 29.7 Å². The summed E-state index contributed by atoms with van der Waals surface area (Å²) in [6, 6.07) is 5.12. The van der Waals surface area contributed by atoms with Gasteiger partial charge in [-0.1, -0.05) is 0 Å². The van der Waals surface area contributed by atoms with Crippen LogP contribution in [0.4, 0.5) is 5.69 Å². The second-order valence-electron chi connectivity index (χ2n) is 6.81. The molecule has 2 aliphatic rings. The van der Waals surface area contributed by atoms with E-state index in [1.165, 1.54) is 0 Å². The monoisotopic (exact) mass is 363 g/mol. The van der Waals surface area contributed by atoms with Crippen molar-refractivity contribution in [2.75, 3.05) is 51.9 Å². The second-order valence-corrected chi connectivity index (χ2v) is 6.81. The van der Waals surface area contributed by atoms with Gasteiger partial charge in [-0.25, -0.2) is 0 Å². The summed E-state index contributed by atoms with van der Waals surface area (Å²) in [5.41, 5.74) is 0.569. The molecule has 2 aliphatic heterocycles. The molecule has 0 aliphatic carbocycles. The number of ether oxygens (including phenoxy) is 2. The van der Waals surface area contributed by atoms with E-state index in [0.29, 0.717) is 23.7 Å². The number of nitrogens with zero attached hydrogens (tertiary/aromatic N) is 2. The van der Waals surface area contributed by atoms with E-state index < -0.39 is 11.9 Å². The largest absolute Gasteiger partial charge is 0.481 e. The van der Waals surface area contributed by atoms with E-state index in [1.54, 1.807) is 18.2 Å². The first-order valence-electron chi connectivity index (χ1n) is 8.84. The Morgan fingerprint density at radius 1 is 1.19 bits per heavy atom. The zero-order valence-electron chi connectivity index (χ0n) is 14.9. The topological polar surface area (TPSA) is 91.3 Å². The smallest absolute Gasteiger partial charge is 0.308 e. The number of hydrogen-bond donors (Lipinski definition) is 2. The quantitative estimate of drug-likeness (QED) is 0.781. The molecule has 1 aromatic rings. The van der Waals surface area contributed by atoms with Gasteiger partial charge in [0, 0.05) is 37.8 Å². The van der Waals surface area contributed by atoms with E-state index in [0.717, 1.165) is 32.6 Å². The van der Waals surface area contributed by atoms with Crippen LogP contribution in [-0.2, 0) is 9.59 Å². The Kier molecular flexibility index (Phi) is 5.95. The van der Waals surface area contributed by atoms with Crippen molar-refractivity contribution in [3.63, 3.8) is 0 Å². The molecule has 1 amide bonds. The first-order chi connectivity index (χ1) is 12.5. The van der Waals surface area contributed by atoms with Gasteiger partial charge in [-0.2, -0.15) is 0 Å². The SMILES string of the molecule is CN1CCCN(CC(CC(=O)Nc2ccc3c(c2)OCO3)C(=O)O)CC1. The van der Waals surface area contributed by atoms with Crippen molar-refractivity contribution < 1.29 is 24.2 Å². The van der Waals surface area contributed by atoms with Gasteiger partial charge >= 0.3 is 5.97 Å². The molecular weight excluding hydrogens is 338 g/mol. The second kappa shape index (κ2) is 8.37. The molecule has 1 atom stereocenters. The highest BCUT2D eigenvalue weighted by molar-refractivity contribution is 5.93. The van der Waals surface area contributed by atoms with Gasteiger partial charge in [0.25, 0.3) is 0 Å². The molecular formula is C18H25N3O5. The van der Waals surface area contributed by atoms with Crippen LogP contribution < -0.4 is 14.8 Å². The highest BCUT2D eigenvalue weighted by Gasteiger charge is 2.25. The molecule has 8 heteroatoms. The zero-order valence-corrected chi connectivity index (χ0v) is 14.9. The summed E-state index contributed by atoms with van der Waals surface area (Å²) in [6.07, 6.45) is 0.947. The van der Waals surface area contributed by atoms with E-state index in [4.69, 9.17) is 9.47 Å². The Balaban J connectivity index is 1.55. The fraction of sp³-hybridized carbons (Fsp3) is 0.556. The molecule has 2 N–H and O–H groups in total. The van der Waals surface area contributed by atoms with Crippen molar-refractivity contribution in [3.8, 4) is 11.5 Å². The van der Waals surface area contributed by atoms with Gasteiger partial charge in [-0.05, 0) is 38.7 Å².